The van der Waals surface area contributed by atoms with Crippen LogP contribution >= 0.6 is 0 Å². The molecule has 2 aliphatic rings. The second-order valence-corrected chi connectivity index (χ2v) is 10.3. The fourth-order valence-electron chi connectivity index (χ4n) is 5.58. The second kappa shape index (κ2) is 9.98. The van der Waals surface area contributed by atoms with E-state index in [-0.39, 0.29) is 29.9 Å². The lowest BCUT2D eigenvalue weighted by Crippen LogP contribution is -2.51. The van der Waals surface area contributed by atoms with Crippen LogP contribution in [0.3, 0.4) is 0 Å². The van der Waals surface area contributed by atoms with Crippen LogP contribution in [0.4, 0.5) is 0 Å². The number of aliphatic hydroxyl groups is 2. The summed E-state index contributed by atoms with van der Waals surface area (Å²) in [5.41, 5.74) is 8.43. The van der Waals surface area contributed by atoms with E-state index in [1.165, 1.54) is 12.5 Å². The van der Waals surface area contributed by atoms with Crippen molar-refractivity contribution in [2.45, 2.75) is 69.6 Å². The van der Waals surface area contributed by atoms with E-state index >= 15 is 0 Å². The largest absolute Gasteiger partial charge is 0.387 e. The van der Waals surface area contributed by atoms with Crippen molar-refractivity contribution in [3.05, 3.63) is 70.8 Å². The highest BCUT2D eigenvalue weighted by atomic mass is 16.3. The van der Waals surface area contributed by atoms with E-state index in [4.69, 9.17) is 5.73 Å². The highest BCUT2D eigenvalue weighted by molar-refractivity contribution is 5.94. The number of ketones is 1. The molecule has 1 aliphatic heterocycles. The molecular formula is C28H36N2O4. The van der Waals surface area contributed by atoms with Crippen LogP contribution in [0.1, 0.15) is 78.4 Å². The zero-order chi connectivity index (χ0) is 24.5. The van der Waals surface area contributed by atoms with Crippen molar-refractivity contribution in [2.24, 2.45) is 11.7 Å². The van der Waals surface area contributed by atoms with Gasteiger partial charge in [0.15, 0.2) is 5.78 Å². The molecule has 4 unspecified atom stereocenters. The Labute approximate surface area is 201 Å². The van der Waals surface area contributed by atoms with Gasteiger partial charge in [-0.05, 0) is 72.8 Å². The molecule has 6 heteroatoms. The van der Waals surface area contributed by atoms with E-state index in [1.54, 1.807) is 0 Å². The van der Waals surface area contributed by atoms with Crippen molar-refractivity contribution in [3.63, 3.8) is 0 Å². The highest BCUT2D eigenvalue weighted by Crippen LogP contribution is 2.39. The Bertz CT molecular complexity index is 1040. The maximum atomic E-state index is 13.3. The molecule has 1 saturated heterocycles. The number of hydrogen-bond donors (Lipinski definition) is 3. The van der Waals surface area contributed by atoms with Gasteiger partial charge in [-0.1, -0.05) is 43.3 Å². The van der Waals surface area contributed by atoms with Gasteiger partial charge >= 0.3 is 0 Å². The lowest BCUT2D eigenvalue weighted by molar-refractivity contribution is -0.153. The summed E-state index contributed by atoms with van der Waals surface area (Å²) < 4.78 is 0. The van der Waals surface area contributed by atoms with Crippen LogP contribution in [0.5, 0.6) is 0 Å². The third kappa shape index (κ3) is 5.09. The van der Waals surface area contributed by atoms with Gasteiger partial charge in [-0.15, -0.1) is 0 Å². The molecule has 2 aromatic rings. The van der Waals surface area contributed by atoms with E-state index in [0.29, 0.717) is 37.5 Å². The molecule has 1 amide bonds. The number of aliphatic hydroxyl groups excluding tert-OH is 1. The molecular weight excluding hydrogens is 428 g/mol. The molecule has 4 rings (SSSR count). The van der Waals surface area contributed by atoms with Gasteiger partial charge in [-0.3, -0.25) is 9.59 Å². The van der Waals surface area contributed by atoms with Gasteiger partial charge in [0.05, 0.1) is 5.60 Å². The number of rotatable bonds is 5. The van der Waals surface area contributed by atoms with Gasteiger partial charge in [-0.2, -0.15) is 0 Å². The van der Waals surface area contributed by atoms with Crippen LogP contribution in [0.2, 0.25) is 0 Å². The van der Waals surface area contributed by atoms with Gasteiger partial charge in [-0.25, -0.2) is 0 Å². The van der Waals surface area contributed by atoms with Crippen molar-refractivity contribution < 1.29 is 19.8 Å². The molecule has 6 nitrogen and oxygen atoms in total. The Kier molecular flexibility index (Phi) is 7.22. The number of nitrogens with two attached hydrogens (primary N) is 1. The summed E-state index contributed by atoms with van der Waals surface area (Å²) in [4.78, 5) is 27.4. The first kappa shape index (κ1) is 24.6. The van der Waals surface area contributed by atoms with Gasteiger partial charge < -0.3 is 20.8 Å². The molecule has 0 radical (unpaired) electrons. The Morgan fingerprint density at radius 2 is 1.88 bits per heavy atom. The quantitative estimate of drug-likeness (QED) is 0.630. The average molecular weight is 465 g/mol. The Morgan fingerprint density at radius 3 is 2.56 bits per heavy atom. The van der Waals surface area contributed by atoms with E-state index in [2.05, 4.69) is 18.2 Å². The normalized spacial score (nSPS) is 27.0. The maximum Gasteiger partial charge on any atom is 0.253 e. The monoisotopic (exact) mass is 464 g/mol. The van der Waals surface area contributed by atoms with Crippen LogP contribution < -0.4 is 5.73 Å². The predicted octanol–water partition coefficient (Wildman–Crippen LogP) is 3.36. The lowest BCUT2D eigenvalue weighted by Gasteiger charge is -2.39. The van der Waals surface area contributed by atoms with Crippen LogP contribution in [0.25, 0.3) is 0 Å². The maximum absolute atomic E-state index is 13.3. The molecule has 1 heterocycles. The number of hydrogen-bond acceptors (Lipinski definition) is 5. The first-order valence-corrected chi connectivity index (χ1v) is 12.3. The summed E-state index contributed by atoms with van der Waals surface area (Å²) in [6.45, 7) is 5.51. The van der Waals surface area contributed by atoms with Gasteiger partial charge in [0.1, 0.15) is 6.10 Å². The Hall–Kier alpha value is -2.54. The molecule has 1 aliphatic carbocycles. The fourth-order valence-corrected chi connectivity index (χ4v) is 5.58. The van der Waals surface area contributed by atoms with Gasteiger partial charge in [0.2, 0.25) is 0 Å². The SMILES string of the molecule is CC(c1cccc(C(=O)N2CCC(c3cccc(CN)c3)CC2)c1)C1CC(=O)C(O)C(C)(O)C1. The van der Waals surface area contributed by atoms with Gasteiger partial charge in [0, 0.05) is 31.6 Å². The first-order valence-electron chi connectivity index (χ1n) is 12.3. The Balaban J connectivity index is 1.42. The number of piperidine rings is 1. The minimum atomic E-state index is -1.42. The summed E-state index contributed by atoms with van der Waals surface area (Å²) >= 11 is 0. The number of nitrogens with zero attached hydrogens (tertiary/aromatic N) is 1. The number of benzene rings is 2. The topological polar surface area (TPSA) is 104 Å². The summed E-state index contributed by atoms with van der Waals surface area (Å²) in [5.74, 6) is 0.0481. The number of Topliss-reactive ketones (excluding diaryl/α,β-unsaturated/α-hetero) is 1. The van der Waals surface area contributed by atoms with Gasteiger partial charge in [0.25, 0.3) is 5.91 Å². The lowest BCUT2D eigenvalue weighted by atomic mass is 9.70. The zero-order valence-corrected chi connectivity index (χ0v) is 20.1. The summed E-state index contributed by atoms with van der Waals surface area (Å²) in [5, 5.41) is 20.5. The van der Waals surface area contributed by atoms with Crippen molar-refractivity contribution >= 4 is 11.7 Å². The highest BCUT2D eigenvalue weighted by Gasteiger charge is 2.44. The molecule has 182 valence electrons. The summed E-state index contributed by atoms with van der Waals surface area (Å²) in [6.07, 6.45) is 1.10. The smallest absolute Gasteiger partial charge is 0.253 e. The van der Waals surface area contributed by atoms with Crippen LogP contribution in [0, 0.1) is 5.92 Å². The van der Waals surface area contributed by atoms with E-state index in [0.717, 1.165) is 24.0 Å². The molecule has 0 spiro atoms. The van der Waals surface area contributed by atoms with Crippen LogP contribution in [-0.4, -0.2) is 51.6 Å². The number of carbonyl (C=O) groups excluding carboxylic acids is 2. The molecule has 2 aromatic carbocycles. The van der Waals surface area contributed by atoms with Crippen LogP contribution in [0.15, 0.2) is 48.5 Å². The molecule has 4 atom stereocenters. The third-order valence-corrected chi connectivity index (χ3v) is 7.84. The standard InChI is InChI=1S/C28H36N2O4/c1-18(24-15-25(31)26(32)28(2,34)16-24)21-6-4-8-23(14-21)27(33)30-11-9-20(10-12-30)22-7-3-5-19(13-22)17-29/h3-8,13-14,18,20,24,26,32,34H,9-12,15-17,29H2,1-2H3. The first-order chi connectivity index (χ1) is 16.2. The molecule has 0 aromatic heterocycles. The predicted molar refractivity (Wildman–Crippen MR) is 131 cm³/mol. The molecule has 0 bridgehead atoms. The van der Waals surface area contributed by atoms with E-state index < -0.39 is 11.7 Å². The fraction of sp³-hybridized carbons (Fsp3) is 0.500. The zero-order valence-electron chi connectivity index (χ0n) is 20.1. The summed E-state index contributed by atoms with van der Waals surface area (Å²) in [7, 11) is 0. The molecule has 2 fully saturated rings. The minimum absolute atomic E-state index is 0.0174. The molecule has 34 heavy (non-hydrogen) atoms. The van der Waals surface area contributed by atoms with Crippen molar-refractivity contribution in [2.75, 3.05) is 13.1 Å². The van der Waals surface area contributed by atoms with Crippen LogP contribution in [-0.2, 0) is 11.3 Å². The molecule has 4 N–H and O–H groups in total. The van der Waals surface area contributed by atoms with Crippen molar-refractivity contribution in [3.8, 4) is 0 Å². The second-order valence-electron chi connectivity index (χ2n) is 10.3. The minimum Gasteiger partial charge on any atom is -0.387 e. The number of carbonyl (C=O) groups is 2. The van der Waals surface area contributed by atoms with E-state index in [1.807, 2.05) is 42.2 Å². The number of likely N-dealkylation sites (tertiary alicyclic amines) is 1. The molecule has 1 saturated carbocycles. The van der Waals surface area contributed by atoms with Crippen molar-refractivity contribution in [1.82, 2.24) is 4.90 Å². The summed E-state index contributed by atoms with van der Waals surface area (Å²) in [6, 6.07) is 16.1. The Morgan fingerprint density at radius 1 is 1.18 bits per heavy atom. The third-order valence-electron chi connectivity index (χ3n) is 7.84. The van der Waals surface area contributed by atoms with E-state index in [9.17, 15) is 19.8 Å². The average Bonchev–Trinajstić information content (AvgIpc) is 2.86. The van der Waals surface area contributed by atoms with Crippen molar-refractivity contribution in [1.29, 1.82) is 0 Å². The number of amides is 1.